The number of hydrogen-bond acceptors (Lipinski definition) is 5. The van der Waals surface area contributed by atoms with Gasteiger partial charge in [0, 0.05) is 13.1 Å². The fraction of sp³-hybridized carbons (Fsp3) is 0.643. The van der Waals surface area contributed by atoms with Gasteiger partial charge in [0.05, 0.1) is 6.10 Å². The number of anilines is 2. The van der Waals surface area contributed by atoms with E-state index in [9.17, 15) is 0 Å². The van der Waals surface area contributed by atoms with Crippen molar-refractivity contribution in [2.24, 2.45) is 5.92 Å². The smallest absolute Gasteiger partial charge is 0.178 e. The molecule has 1 heterocycles. The number of hydrogen-bond donors (Lipinski definition) is 1. The van der Waals surface area contributed by atoms with Gasteiger partial charge in [0.25, 0.3) is 0 Å². The molecule has 1 aliphatic rings. The van der Waals surface area contributed by atoms with Crippen molar-refractivity contribution in [2.75, 3.05) is 23.7 Å². The Morgan fingerprint density at radius 2 is 2.21 bits per heavy atom. The Balaban J connectivity index is 2.32. The second kappa shape index (κ2) is 5.70. The number of nitrogens with two attached hydrogens (primary N) is 1. The highest BCUT2D eigenvalue weighted by Gasteiger charge is 2.28. The third-order valence-corrected chi connectivity index (χ3v) is 4.33. The maximum atomic E-state index is 9.15. The van der Waals surface area contributed by atoms with Crippen LogP contribution in [0.1, 0.15) is 38.5 Å². The molecule has 104 valence electrons. The molecule has 1 aromatic heterocycles. The monoisotopic (exact) mass is 279 g/mol. The van der Waals surface area contributed by atoms with Crippen LogP contribution in [0.3, 0.4) is 0 Å². The van der Waals surface area contributed by atoms with Crippen molar-refractivity contribution in [3.63, 3.8) is 0 Å². The van der Waals surface area contributed by atoms with Crippen LogP contribution < -0.4 is 15.4 Å². The summed E-state index contributed by atoms with van der Waals surface area (Å²) in [6.45, 7) is 8.03. The van der Waals surface area contributed by atoms with E-state index in [1.807, 2.05) is 13.8 Å². The first-order chi connectivity index (χ1) is 9.06. The van der Waals surface area contributed by atoms with Gasteiger partial charge in [0.2, 0.25) is 0 Å². The number of ether oxygens (including phenoxy) is 1. The van der Waals surface area contributed by atoms with Gasteiger partial charge >= 0.3 is 0 Å². The largest absolute Gasteiger partial charge is 0.486 e. The van der Waals surface area contributed by atoms with Gasteiger partial charge in [-0.05, 0) is 39.5 Å². The van der Waals surface area contributed by atoms with E-state index in [0.29, 0.717) is 16.3 Å². The second-order valence-electron chi connectivity index (χ2n) is 5.24. The van der Waals surface area contributed by atoms with Gasteiger partial charge in [-0.3, -0.25) is 0 Å². The van der Waals surface area contributed by atoms with Crippen LogP contribution in [-0.2, 0) is 0 Å². The Hall–Kier alpha value is -1.41. The lowest BCUT2D eigenvalue weighted by Crippen LogP contribution is -2.25. The SMILES string of the molecule is CCN(CC1CC1)c1sc(C#N)c(N)c1OC(C)C. The van der Waals surface area contributed by atoms with E-state index in [2.05, 4.69) is 17.9 Å². The van der Waals surface area contributed by atoms with Gasteiger partial charge in [-0.25, -0.2) is 0 Å². The summed E-state index contributed by atoms with van der Waals surface area (Å²) in [4.78, 5) is 2.84. The molecule has 0 aromatic carbocycles. The Morgan fingerprint density at radius 3 is 2.68 bits per heavy atom. The van der Waals surface area contributed by atoms with Crippen molar-refractivity contribution >= 4 is 22.0 Å². The average Bonchev–Trinajstić information content (AvgIpc) is 3.14. The average molecular weight is 279 g/mol. The van der Waals surface area contributed by atoms with Crippen LogP contribution in [0, 0.1) is 17.2 Å². The highest BCUT2D eigenvalue weighted by Crippen LogP contribution is 2.46. The normalized spacial score (nSPS) is 14.5. The zero-order valence-corrected chi connectivity index (χ0v) is 12.6. The van der Waals surface area contributed by atoms with Crippen LogP contribution in [0.15, 0.2) is 0 Å². The zero-order chi connectivity index (χ0) is 14.0. The molecule has 1 aliphatic carbocycles. The van der Waals surface area contributed by atoms with Gasteiger partial charge in [-0.1, -0.05) is 0 Å². The van der Waals surface area contributed by atoms with Crippen molar-refractivity contribution in [2.45, 2.75) is 39.7 Å². The molecule has 0 bridgehead atoms. The van der Waals surface area contributed by atoms with Gasteiger partial charge in [0.1, 0.15) is 21.6 Å². The fourth-order valence-electron chi connectivity index (χ4n) is 2.02. The van der Waals surface area contributed by atoms with Crippen LogP contribution in [0.4, 0.5) is 10.7 Å². The van der Waals surface area contributed by atoms with E-state index >= 15 is 0 Å². The minimum atomic E-state index is 0.0572. The third kappa shape index (κ3) is 3.13. The van der Waals surface area contributed by atoms with Crippen molar-refractivity contribution in [1.29, 1.82) is 5.26 Å². The lowest BCUT2D eigenvalue weighted by molar-refractivity contribution is 0.245. The highest BCUT2D eigenvalue weighted by atomic mass is 32.1. The molecule has 5 heteroatoms. The van der Waals surface area contributed by atoms with Crippen LogP contribution in [-0.4, -0.2) is 19.2 Å². The molecule has 0 aliphatic heterocycles. The summed E-state index contributed by atoms with van der Waals surface area (Å²) in [6, 6.07) is 2.16. The van der Waals surface area contributed by atoms with E-state index in [0.717, 1.165) is 24.0 Å². The molecule has 0 spiro atoms. The second-order valence-corrected chi connectivity index (χ2v) is 6.24. The highest BCUT2D eigenvalue weighted by molar-refractivity contribution is 7.17. The molecule has 2 N–H and O–H groups in total. The van der Waals surface area contributed by atoms with Gasteiger partial charge < -0.3 is 15.4 Å². The molecular weight excluding hydrogens is 258 g/mol. The minimum absolute atomic E-state index is 0.0572. The number of nitrogens with zero attached hydrogens (tertiary/aromatic N) is 2. The maximum absolute atomic E-state index is 9.15. The van der Waals surface area contributed by atoms with E-state index in [1.165, 1.54) is 24.2 Å². The number of thiophene rings is 1. The number of rotatable bonds is 6. The Morgan fingerprint density at radius 1 is 1.53 bits per heavy atom. The molecule has 0 radical (unpaired) electrons. The van der Waals surface area contributed by atoms with E-state index < -0.39 is 0 Å². The van der Waals surface area contributed by atoms with Crippen molar-refractivity contribution in [3.8, 4) is 11.8 Å². The van der Waals surface area contributed by atoms with Gasteiger partial charge in [-0.2, -0.15) is 5.26 Å². The van der Waals surface area contributed by atoms with E-state index in [4.69, 9.17) is 15.7 Å². The van der Waals surface area contributed by atoms with Crippen molar-refractivity contribution in [3.05, 3.63) is 4.88 Å². The van der Waals surface area contributed by atoms with E-state index in [1.54, 1.807) is 0 Å². The lowest BCUT2D eigenvalue weighted by atomic mass is 10.3. The molecule has 0 saturated heterocycles. The topological polar surface area (TPSA) is 62.3 Å². The third-order valence-electron chi connectivity index (χ3n) is 3.18. The molecule has 1 aromatic rings. The lowest BCUT2D eigenvalue weighted by Gasteiger charge is -2.23. The Bertz CT molecular complexity index is 486. The van der Waals surface area contributed by atoms with Gasteiger partial charge in [0.15, 0.2) is 5.75 Å². The summed E-state index contributed by atoms with van der Waals surface area (Å²) in [7, 11) is 0. The summed E-state index contributed by atoms with van der Waals surface area (Å²) in [6.07, 6.45) is 2.67. The fourth-order valence-corrected chi connectivity index (χ4v) is 3.05. The maximum Gasteiger partial charge on any atom is 0.178 e. The van der Waals surface area contributed by atoms with Crippen molar-refractivity contribution < 1.29 is 4.74 Å². The molecule has 1 fully saturated rings. The molecule has 2 rings (SSSR count). The standard InChI is InChI=1S/C14H21N3OS/c1-4-17(8-10-5-6-10)14-13(18-9(2)3)12(16)11(7-15)19-14/h9-10H,4-6,8,16H2,1-3H3. The van der Waals surface area contributed by atoms with Crippen LogP contribution in [0.25, 0.3) is 0 Å². The summed E-state index contributed by atoms with van der Waals surface area (Å²) >= 11 is 1.45. The zero-order valence-electron chi connectivity index (χ0n) is 11.8. The first-order valence-electron chi connectivity index (χ1n) is 6.80. The van der Waals surface area contributed by atoms with E-state index in [-0.39, 0.29) is 6.10 Å². The molecule has 19 heavy (non-hydrogen) atoms. The molecular formula is C14H21N3OS. The van der Waals surface area contributed by atoms with Gasteiger partial charge in [-0.15, -0.1) is 11.3 Å². The molecule has 0 unspecified atom stereocenters. The summed E-state index contributed by atoms with van der Waals surface area (Å²) in [5, 5.41) is 10.2. The van der Waals surface area contributed by atoms with Crippen molar-refractivity contribution in [1.82, 2.24) is 0 Å². The predicted octanol–water partition coefficient (Wildman–Crippen LogP) is 3.23. The minimum Gasteiger partial charge on any atom is -0.486 e. The summed E-state index contributed by atoms with van der Waals surface area (Å²) in [5.74, 6) is 1.49. The Kier molecular flexibility index (Phi) is 4.20. The predicted molar refractivity (Wildman–Crippen MR) is 79.8 cm³/mol. The Labute approximate surface area is 118 Å². The summed E-state index contributed by atoms with van der Waals surface area (Å²) in [5.41, 5.74) is 6.53. The quantitative estimate of drug-likeness (QED) is 0.868. The molecule has 0 amide bonds. The summed E-state index contributed by atoms with van der Waals surface area (Å²) < 4.78 is 5.84. The first-order valence-corrected chi connectivity index (χ1v) is 7.62. The first kappa shape index (κ1) is 14.0. The van der Waals surface area contributed by atoms with Crippen LogP contribution in [0.5, 0.6) is 5.75 Å². The molecule has 0 atom stereocenters. The molecule has 4 nitrogen and oxygen atoms in total. The van der Waals surface area contributed by atoms with Crippen LogP contribution >= 0.6 is 11.3 Å². The molecule has 1 saturated carbocycles. The number of nitrogen functional groups attached to an aromatic ring is 1. The van der Waals surface area contributed by atoms with Crippen LogP contribution in [0.2, 0.25) is 0 Å². The number of nitriles is 1.